The number of nitrogens with zero attached hydrogens (tertiary/aromatic N) is 3. The molecule has 1 aromatic heterocycles. The van der Waals surface area contributed by atoms with E-state index in [1.807, 2.05) is 0 Å². The van der Waals surface area contributed by atoms with E-state index in [0.29, 0.717) is 0 Å². The number of hydrogen-bond donors (Lipinski definition) is 6. The lowest BCUT2D eigenvalue weighted by molar-refractivity contribution is -0.386. The number of carbonyl (C=O) groups excluding carboxylic acids is 1. The summed E-state index contributed by atoms with van der Waals surface area (Å²) in [7, 11) is -15.7. The average Bonchev–Trinajstić information content (AvgIpc) is 3.38. The van der Waals surface area contributed by atoms with Crippen LogP contribution in [0.5, 0.6) is 0 Å². The molecule has 2 aromatic rings. The van der Waals surface area contributed by atoms with Gasteiger partial charge in [0.25, 0.3) is 5.69 Å². The molecule has 0 aliphatic carbocycles. The predicted molar refractivity (Wildman–Crippen MR) is 161 cm³/mol. The molecule has 1 saturated heterocycles. The van der Waals surface area contributed by atoms with Gasteiger partial charge in [-0.3, -0.25) is 19.2 Å². The fourth-order valence-corrected chi connectivity index (χ4v) is 7.18. The number of anilines is 1. The molecule has 27 heteroatoms. The van der Waals surface area contributed by atoms with Crippen molar-refractivity contribution in [2.45, 2.75) is 37.9 Å². The van der Waals surface area contributed by atoms with Crippen LogP contribution < -0.4 is 16.7 Å². The Morgan fingerprint density at radius 3 is 2.60 bits per heavy atom. The quantitative estimate of drug-likeness (QED) is 0.0488. The summed E-state index contributed by atoms with van der Waals surface area (Å²) in [6.45, 7) is -0.286. The third-order valence-electron chi connectivity index (χ3n) is 6.14. The van der Waals surface area contributed by atoms with Crippen molar-refractivity contribution in [3.05, 3.63) is 61.9 Å². The zero-order valence-corrected chi connectivity index (χ0v) is 28.3. The van der Waals surface area contributed by atoms with Gasteiger partial charge in [0.1, 0.15) is 36.9 Å². The maximum Gasteiger partial charge on any atom is 0.490 e. The molecule has 276 valence electrons. The summed E-state index contributed by atoms with van der Waals surface area (Å²) in [5, 5.41) is 13.5. The van der Waals surface area contributed by atoms with E-state index in [9.17, 15) is 47.6 Å². The van der Waals surface area contributed by atoms with Gasteiger partial charge in [-0.1, -0.05) is 11.8 Å². The highest BCUT2D eigenvalue weighted by atomic mass is 31.3. The molecule has 0 saturated carbocycles. The number of rotatable bonds is 15. The van der Waals surface area contributed by atoms with Crippen molar-refractivity contribution in [3.8, 4) is 11.8 Å². The SMILES string of the molecule is COCO[C@H]1C[C@H](n2cc(C#CCNC(=O)OC(C)c3cc(F)ccc3[N+](=O)[O-])c(N)nc2=O)O[C@@H]1COP(=O)(O)OP(=O)(O)OP(=O)(O)O. The molecule has 6 atom stereocenters. The number of phosphoric acid groups is 3. The Hall–Kier alpha value is -3.65. The van der Waals surface area contributed by atoms with Gasteiger partial charge in [0.05, 0.1) is 35.3 Å². The van der Waals surface area contributed by atoms with Crippen molar-refractivity contribution in [2.24, 2.45) is 0 Å². The number of amides is 1. The highest BCUT2D eigenvalue weighted by molar-refractivity contribution is 7.66. The van der Waals surface area contributed by atoms with Crippen molar-refractivity contribution >= 4 is 41.1 Å². The molecule has 0 spiro atoms. The molecule has 3 rings (SSSR count). The first kappa shape index (κ1) is 40.8. The second kappa shape index (κ2) is 17.0. The van der Waals surface area contributed by atoms with Gasteiger partial charge >= 0.3 is 35.3 Å². The predicted octanol–water partition coefficient (Wildman–Crippen LogP) is 1.33. The van der Waals surface area contributed by atoms with Gasteiger partial charge in [0, 0.05) is 25.8 Å². The molecule has 1 aromatic carbocycles. The van der Waals surface area contributed by atoms with Gasteiger partial charge in [-0.25, -0.2) is 27.7 Å². The molecule has 7 N–H and O–H groups in total. The van der Waals surface area contributed by atoms with Crippen molar-refractivity contribution in [2.75, 3.05) is 32.8 Å². The number of nitro groups is 1. The summed E-state index contributed by atoms with van der Waals surface area (Å²) >= 11 is 0. The fraction of sp³-hybridized carbons (Fsp3) is 0.435. The second-order valence-electron chi connectivity index (χ2n) is 9.76. The van der Waals surface area contributed by atoms with Crippen LogP contribution in [0.3, 0.4) is 0 Å². The number of carbonyl (C=O) groups is 1. The number of halogens is 1. The van der Waals surface area contributed by atoms with E-state index in [2.05, 4.69) is 35.3 Å². The Kier molecular flexibility index (Phi) is 13.9. The molecule has 3 unspecified atom stereocenters. The highest BCUT2D eigenvalue weighted by Gasteiger charge is 2.43. The molecule has 1 aliphatic rings. The molecule has 1 fully saturated rings. The number of aromatic nitrogens is 2. The summed E-state index contributed by atoms with van der Waals surface area (Å²) < 4.78 is 82.2. The van der Waals surface area contributed by atoms with Crippen LogP contribution in [0.15, 0.2) is 29.2 Å². The Bertz CT molecular complexity index is 1850. The minimum atomic E-state index is -5.79. The number of nitrogens with two attached hydrogens (primary N) is 1. The number of ether oxygens (including phenoxy) is 4. The largest absolute Gasteiger partial charge is 0.490 e. The molecule has 1 aliphatic heterocycles. The van der Waals surface area contributed by atoms with E-state index in [1.54, 1.807) is 0 Å². The molecule has 50 heavy (non-hydrogen) atoms. The number of nitrogen functional groups attached to an aromatic ring is 1. The second-order valence-corrected chi connectivity index (χ2v) is 14.2. The summed E-state index contributed by atoms with van der Waals surface area (Å²) in [6, 6.07) is 2.68. The Labute approximate surface area is 280 Å². The molecular formula is C23H29FN5O18P3. The number of nitro benzene ring substituents is 1. The summed E-state index contributed by atoms with van der Waals surface area (Å²) in [5.41, 5.74) is 4.21. The third-order valence-corrected chi connectivity index (χ3v) is 9.94. The van der Waals surface area contributed by atoms with Crippen LogP contribution in [0.4, 0.5) is 20.7 Å². The maximum atomic E-state index is 13.6. The van der Waals surface area contributed by atoms with E-state index in [-0.39, 0.29) is 36.7 Å². The van der Waals surface area contributed by atoms with Crippen LogP contribution in [0.2, 0.25) is 0 Å². The van der Waals surface area contributed by atoms with E-state index in [1.165, 1.54) is 14.0 Å². The molecule has 0 radical (unpaired) electrons. The highest BCUT2D eigenvalue weighted by Crippen LogP contribution is 2.66. The average molecular weight is 775 g/mol. The lowest BCUT2D eigenvalue weighted by atomic mass is 10.1. The fourth-order valence-electron chi connectivity index (χ4n) is 4.15. The normalized spacial score (nSPS) is 20.5. The third kappa shape index (κ3) is 12.3. The minimum absolute atomic E-state index is 0.0294. The topological polar surface area (TPSA) is 330 Å². The molecule has 23 nitrogen and oxygen atoms in total. The van der Waals surface area contributed by atoms with Crippen LogP contribution in [0.1, 0.15) is 36.8 Å². The van der Waals surface area contributed by atoms with Gasteiger partial charge < -0.3 is 49.6 Å². The Morgan fingerprint density at radius 2 is 1.96 bits per heavy atom. The van der Waals surface area contributed by atoms with E-state index in [0.717, 1.165) is 29.0 Å². The van der Waals surface area contributed by atoms with Gasteiger partial charge in [-0.05, 0) is 19.1 Å². The van der Waals surface area contributed by atoms with Crippen molar-refractivity contribution in [1.82, 2.24) is 14.9 Å². The monoisotopic (exact) mass is 775 g/mol. The summed E-state index contributed by atoms with van der Waals surface area (Å²) in [4.78, 5) is 75.5. The number of benzene rings is 1. The first-order valence-corrected chi connectivity index (χ1v) is 18.0. The van der Waals surface area contributed by atoms with Crippen LogP contribution in [-0.4, -0.2) is 79.4 Å². The van der Waals surface area contributed by atoms with Gasteiger partial charge in [0.2, 0.25) is 0 Å². The standard InChI is InChI=1S/C23H29FN5O18P3/c1-13(16-8-15(24)5-6-17(16)29(32)33)44-23(31)26-7-3-4-14-10-28(22(30)27-21(14)25)20-9-18(42-12-41-2)19(45-20)11-43-49(37,38)47-50(39,40)46-48(34,35)36/h5-6,8,10,13,18-20H,7,9,11-12H2,1-2H3,(H,26,31)(H,37,38)(H,39,40)(H2,25,27,30)(H2,34,35,36)/t13?,18-,19+,20+/m0/s1. The smallest absolute Gasteiger partial charge is 0.441 e. The van der Waals surface area contributed by atoms with Crippen molar-refractivity contribution < 1.29 is 79.5 Å². The molecule has 2 heterocycles. The Balaban J connectivity index is 1.68. The first-order chi connectivity index (χ1) is 23.2. The molecular weight excluding hydrogens is 746 g/mol. The van der Waals surface area contributed by atoms with E-state index in [4.69, 9.17) is 34.5 Å². The number of alkyl carbamates (subject to hydrolysis) is 1. The number of phosphoric ester groups is 1. The van der Waals surface area contributed by atoms with Gasteiger partial charge in [0.15, 0.2) is 0 Å². The van der Waals surface area contributed by atoms with Crippen LogP contribution in [-0.2, 0) is 45.8 Å². The zero-order chi connectivity index (χ0) is 37.4. The lowest BCUT2D eigenvalue weighted by Gasteiger charge is -2.21. The van der Waals surface area contributed by atoms with Crippen molar-refractivity contribution in [1.29, 1.82) is 0 Å². The summed E-state index contributed by atoms with van der Waals surface area (Å²) in [6.07, 6.45) is -4.76. The van der Waals surface area contributed by atoms with Crippen LogP contribution >= 0.6 is 23.5 Å². The number of nitrogens with one attached hydrogen (secondary N) is 1. The zero-order valence-electron chi connectivity index (χ0n) is 25.6. The lowest BCUT2D eigenvalue weighted by Crippen LogP contribution is -2.30. The van der Waals surface area contributed by atoms with Crippen molar-refractivity contribution in [3.63, 3.8) is 0 Å². The summed E-state index contributed by atoms with van der Waals surface area (Å²) in [5.74, 6) is 4.01. The Morgan fingerprint density at radius 1 is 1.26 bits per heavy atom. The van der Waals surface area contributed by atoms with Crippen LogP contribution in [0, 0.1) is 27.8 Å². The molecule has 1 amide bonds. The minimum Gasteiger partial charge on any atom is -0.441 e. The molecule has 0 bridgehead atoms. The number of hydrogen-bond acceptors (Lipinski definition) is 16. The van der Waals surface area contributed by atoms with Gasteiger partial charge in [-0.2, -0.15) is 13.6 Å². The number of methoxy groups -OCH3 is 1. The van der Waals surface area contributed by atoms with Crippen LogP contribution in [0.25, 0.3) is 0 Å². The van der Waals surface area contributed by atoms with E-state index >= 15 is 0 Å². The van der Waals surface area contributed by atoms with E-state index < -0.39 is 82.8 Å². The first-order valence-electron chi connectivity index (χ1n) is 13.5. The van der Waals surface area contributed by atoms with Gasteiger partial charge in [-0.15, -0.1) is 0 Å². The maximum absolute atomic E-state index is 13.6.